The van der Waals surface area contributed by atoms with Gasteiger partial charge in [0.2, 0.25) is 0 Å². The van der Waals surface area contributed by atoms with Gasteiger partial charge in [0, 0.05) is 18.3 Å². The number of rotatable bonds is 3. The van der Waals surface area contributed by atoms with E-state index in [1.54, 1.807) is 15.5 Å². The van der Waals surface area contributed by atoms with Crippen LogP contribution in [0.4, 0.5) is 0 Å². The SMILES string of the molecule is Cc1cc(C(=O)N2CCOC(c3nnn4cc(-c5ccccc5)ccc34)C2)c(C)o1. The summed E-state index contributed by atoms with van der Waals surface area (Å²) in [6, 6.07) is 16.0. The fraction of sp³-hybridized carbons (Fsp3) is 0.261. The first-order valence-electron chi connectivity index (χ1n) is 9.98. The number of aryl methyl sites for hydroxylation is 2. The number of hydrogen-bond acceptors (Lipinski definition) is 5. The summed E-state index contributed by atoms with van der Waals surface area (Å²) in [5, 5.41) is 8.67. The van der Waals surface area contributed by atoms with Gasteiger partial charge in [-0.25, -0.2) is 4.52 Å². The highest BCUT2D eigenvalue weighted by Gasteiger charge is 2.30. The number of benzene rings is 1. The molecule has 0 saturated carbocycles. The maximum absolute atomic E-state index is 13.0. The fourth-order valence-corrected chi connectivity index (χ4v) is 3.96. The molecule has 1 amide bonds. The van der Waals surface area contributed by atoms with Crippen molar-refractivity contribution in [2.45, 2.75) is 20.0 Å². The van der Waals surface area contributed by atoms with E-state index in [0.717, 1.165) is 28.1 Å². The Morgan fingerprint density at radius 2 is 1.93 bits per heavy atom. The summed E-state index contributed by atoms with van der Waals surface area (Å²) in [4.78, 5) is 14.8. The van der Waals surface area contributed by atoms with Gasteiger partial charge in [-0.3, -0.25) is 4.79 Å². The average molecular weight is 402 g/mol. The molecule has 1 saturated heterocycles. The van der Waals surface area contributed by atoms with E-state index in [1.165, 1.54) is 0 Å². The van der Waals surface area contributed by atoms with Gasteiger partial charge in [-0.05, 0) is 31.5 Å². The predicted molar refractivity (Wildman–Crippen MR) is 111 cm³/mol. The largest absolute Gasteiger partial charge is 0.466 e. The second-order valence-electron chi connectivity index (χ2n) is 7.53. The highest BCUT2D eigenvalue weighted by Crippen LogP contribution is 2.28. The third kappa shape index (κ3) is 3.27. The molecule has 30 heavy (non-hydrogen) atoms. The van der Waals surface area contributed by atoms with Crippen LogP contribution in [0.2, 0.25) is 0 Å². The van der Waals surface area contributed by atoms with Gasteiger partial charge < -0.3 is 14.1 Å². The molecule has 1 aliphatic rings. The number of furan rings is 1. The van der Waals surface area contributed by atoms with Crippen molar-refractivity contribution < 1.29 is 13.9 Å². The zero-order chi connectivity index (χ0) is 20.7. The molecule has 1 aromatic carbocycles. The molecule has 0 bridgehead atoms. The summed E-state index contributed by atoms with van der Waals surface area (Å²) in [7, 11) is 0. The predicted octanol–water partition coefficient (Wildman–Crippen LogP) is 3.82. The van der Waals surface area contributed by atoms with Crippen molar-refractivity contribution in [2.75, 3.05) is 19.7 Å². The van der Waals surface area contributed by atoms with Crippen molar-refractivity contribution in [1.29, 1.82) is 0 Å². The van der Waals surface area contributed by atoms with E-state index in [0.29, 0.717) is 31.0 Å². The summed E-state index contributed by atoms with van der Waals surface area (Å²) in [6.45, 7) is 5.08. The van der Waals surface area contributed by atoms with Crippen molar-refractivity contribution in [3.8, 4) is 11.1 Å². The van der Waals surface area contributed by atoms with E-state index in [4.69, 9.17) is 9.15 Å². The zero-order valence-corrected chi connectivity index (χ0v) is 16.9. The quantitative estimate of drug-likeness (QED) is 0.521. The Labute approximate surface area is 173 Å². The lowest BCUT2D eigenvalue weighted by atomic mass is 10.1. The molecule has 0 aliphatic carbocycles. The summed E-state index contributed by atoms with van der Waals surface area (Å²) < 4.78 is 13.3. The van der Waals surface area contributed by atoms with Crippen molar-refractivity contribution >= 4 is 11.4 Å². The summed E-state index contributed by atoms with van der Waals surface area (Å²) in [6.07, 6.45) is 1.64. The van der Waals surface area contributed by atoms with Gasteiger partial charge >= 0.3 is 0 Å². The van der Waals surface area contributed by atoms with Gasteiger partial charge in [0.25, 0.3) is 5.91 Å². The Morgan fingerprint density at radius 3 is 2.70 bits per heavy atom. The van der Waals surface area contributed by atoms with E-state index in [1.807, 2.05) is 44.3 Å². The number of ether oxygens (including phenoxy) is 1. The second kappa shape index (κ2) is 7.42. The van der Waals surface area contributed by atoms with Crippen LogP contribution in [0.1, 0.15) is 33.7 Å². The number of nitrogens with zero attached hydrogens (tertiary/aromatic N) is 4. The first-order valence-corrected chi connectivity index (χ1v) is 9.98. The lowest BCUT2D eigenvalue weighted by Gasteiger charge is -2.32. The fourth-order valence-electron chi connectivity index (χ4n) is 3.96. The third-order valence-electron chi connectivity index (χ3n) is 5.48. The van der Waals surface area contributed by atoms with Crippen LogP contribution in [0.5, 0.6) is 0 Å². The van der Waals surface area contributed by atoms with Crippen LogP contribution in [0, 0.1) is 13.8 Å². The lowest BCUT2D eigenvalue weighted by molar-refractivity contribution is -0.0241. The maximum Gasteiger partial charge on any atom is 0.257 e. The van der Waals surface area contributed by atoms with Crippen LogP contribution in [0.25, 0.3) is 16.6 Å². The van der Waals surface area contributed by atoms with Gasteiger partial charge in [-0.1, -0.05) is 41.6 Å². The van der Waals surface area contributed by atoms with Gasteiger partial charge in [0.1, 0.15) is 23.3 Å². The Balaban J connectivity index is 1.41. The number of carbonyl (C=O) groups is 1. The zero-order valence-electron chi connectivity index (χ0n) is 16.9. The number of hydrogen-bond donors (Lipinski definition) is 0. The molecule has 1 atom stereocenters. The van der Waals surface area contributed by atoms with E-state index in [9.17, 15) is 4.79 Å². The minimum absolute atomic E-state index is 0.0412. The molecule has 0 radical (unpaired) electrons. The van der Waals surface area contributed by atoms with Crippen LogP contribution in [0.3, 0.4) is 0 Å². The lowest BCUT2D eigenvalue weighted by Crippen LogP contribution is -2.42. The summed E-state index contributed by atoms with van der Waals surface area (Å²) >= 11 is 0. The number of morpholine rings is 1. The van der Waals surface area contributed by atoms with Gasteiger partial charge in [0.05, 0.1) is 24.2 Å². The van der Waals surface area contributed by atoms with Crippen molar-refractivity contribution in [2.24, 2.45) is 0 Å². The number of pyridine rings is 1. The molecular formula is C23H22N4O3. The Morgan fingerprint density at radius 1 is 1.10 bits per heavy atom. The maximum atomic E-state index is 13.0. The third-order valence-corrected chi connectivity index (χ3v) is 5.48. The van der Waals surface area contributed by atoms with Gasteiger partial charge in [-0.15, -0.1) is 5.10 Å². The highest BCUT2D eigenvalue weighted by atomic mass is 16.5. The monoisotopic (exact) mass is 402 g/mol. The summed E-state index contributed by atoms with van der Waals surface area (Å²) in [5.41, 5.74) is 4.41. The molecule has 152 valence electrons. The molecule has 0 N–H and O–H groups in total. The summed E-state index contributed by atoms with van der Waals surface area (Å²) in [5.74, 6) is 1.34. The molecule has 7 heteroatoms. The van der Waals surface area contributed by atoms with E-state index < -0.39 is 0 Å². The molecule has 0 spiro atoms. The molecule has 7 nitrogen and oxygen atoms in total. The normalized spacial score (nSPS) is 16.9. The smallest absolute Gasteiger partial charge is 0.257 e. The van der Waals surface area contributed by atoms with Gasteiger partial charge in [-0.2, -0.15) is 0 Å². The molecule has 1 fully saturated rings. The van der Waals surface area contributed by atoms with E-state index in [-0.39, 0.29) is 12.0 Å². The van der Waals surface area contributed by atoms with Crippen molar-refractivity contribution in [3.05, 3.63) is 77.5 Å². The van der Waals surface area contributed by atoms with Gasteiger partial charge in [0.15, 0.2) is 0 Å². The number of aromatic nitrogens is 3. The number of carbonyl (C=O) groups excluding carboxylic acids is 1. The first kappa shape index (κ1) is 18.6. The van der Waals surface area contributed by atoms with Crippen molar-refractivity contribution in [3.63, 3.8) is 0 Å². The Bertz CT molecular complexity index is 1210. The Kier molecular flexibility index (Phi) is 4.59. The second-order valence-corrected chi connectivity index (χ2v) is 7.53. The number of fused-ring (bicyclic) bond motifs is 1. The molecule has 1 unspecified atom stereocenters. The van der Waals surface area contributed by atoms with Crippen LogP contribution in [-0.2, 0) is 4.74 Å². The average Bonchev–Trinajstić information content (AvgIpc) is 3.35. The van der Waals surface area contributed by atoms with Crippen LogP contribution in [0.15, 0.2) is 59.1 Å². The first-order chi connectivity index (χ1) is 14.6. The molecule has 4 aromatic rings. The Hall–Kier alpha value is -3.45. The number of amides is 1. The molecule has 4 heterocycles. The molecule has 3 aromatic heterocycles. The van der Waals surface area contributed by atoms with Crippen LogP contribution >= 0.6 is 0 Å². The highest BCUT2D eigenvalue weighted by molar-refractivity contribution is 5.95. The molecule has 1 aliphatic heterocycles. The minimum Gasteiger partial charge on any atom is -0.466 e. The minimum atomic E-state index is -0.323. The van der Waals surface area contributed by atoms with Crippen LogP contribution in [-0.4, -0.2) is 45.3 Å². The van der Waals surface area contributed by atoms with Crippen LogP contribution < -0.4 is 0 Å². The van der Waals surface area contributed by atoms with E-state index in [2.05, 4.69) is 28.5 Å². The van der Waals surface area contributed by atoms with E-state index >= 15 is 0 Å². The molecular weight excluding hydrogens is 380 g/mol. The topological polar surface area (TPSA) is 72.9 Å². The molecule has 5 rings (SSSR count). The standard InChI is InChI=1S/C23H22N4O3/c1-15-12-19(16(2)30-15)23(28)26-10-11-29-21(14-26)22-20-9-8-18(13-27(20)25-24-22)17-6-4-3-5-7-17/h3-9,12-13,21H,10-11,14H2,1-2H3. The van der Waals surface area contributed by atoms with Crippen molar-refractivity contribution in [1.82, 2.24) is 19.7 Å².